The molecule has 150 valence electrons. The normalized spacial score (nSPS) is 17.3. The van der Waals surface area contributed by atoms with Gasteiger partial charge in [0.15, 0.2) is 11.5 Å². The maximum atomic E-state index is 12.4. The third-order valence-electron chi connectivity index (χ3n) is 4.71. The molecule has 2 aliphatic rings. The molecule has 2 aromatic carbocycles. The van der Waals surface area contributed by atoms with Gasteiger partial charge in [-0.15, -0.1) is 0 Å². The first kappa shape index (κ1) is 19.1. The van der Waals surface area contributed by atoms with Crippen molar-refractivity contribution in [1.29, 1.82) is 0 Å². The number of halogens is 1. The van der Waals surface area contributed by atoms with Crippen molar-refractivity contribution >= 4 is 40.7 Å². The number of benzene rings is 2. The monoisotopic (exact) mass is 415 g/mol. The van der Waals surface area contributed by atoms with Gasteiger partial charge in [-0.1, -0.05) is 11.6 Å². The van der Waals surface area contributed by atoms with Crippen molar-refractivity contribution in [3.8, 4) is 11.5 Å². The molecule has 2 heterocycles. The van der Waals surface area contributed by atoms with Gasteiger partial charge < -0.3 is 25.0 Å². The standard InChI is InChI=1S/C20H18ClN3O5/c21-13-1-3-14(4-2-13)23-18(25)9-22-20(27)12-7-19(26)24(10-12)15-5-6-16-17(8-15)29-11-28-16/h1-6,8,12H,7,9-11H2,(H,22,27)(H,23,25). The molecule has 9 heteroatoms. The Morgan fingerprint density at radius 1 is 1.10 bits per heavy atom. The first-order valence-electron chi connectivity index (χ1n) is 9.03. The first-order valence-corrected chi connectivity index (χ1v) is 9.40. The second-order valence-electron chi connectivity index (χ2n) is 6.72. The highest BCUT2D eigenvalue weighted by Gasteiger charge is 2.35. The van der Waals surface area contributed by atoms with Crippen molar-refractivity contribution < 1.29 is 23.9 Å². The summed E-state index contributed by atoms with van der Waals surface area (Å²) in [4.78, 5) is 38.4. The molecule has 0 saturated carbocycles. The van der Waals surface area contributed by atoms with Gasteiger partial charge in [0, 0.05) is 35.4 Å². The van der Waals surface area contributed by atoms with Crippen molar-refractivity contribution in [3.05, 3.63) is 47.5 Å². The van der Waals surface area contributed by atoms with E-state index in [0.29, 0.717) is 27.9 Å². The fraction of sp³-hybridized carbons (Fsp3) is 0.250. The van der Waals surface area contributed by atoms with Crippen LogP contribution in [0.4, 0.5) is 11.4 Å². The predicted octanol–water partition coefficient (Wildman–Crippen LogP) is 2.18. The summed E-state index contributed by atoms with van der Waals surface area (Å²) >= 11 is 5.80. The second-order valence-corrected chi connectivity index (χ2v) is 7.15. The lowest BCUT2D eigenvalue weighted by Crippen LogP contribution is -2.37. The quantitative estimate of drug-likeness (QED) is 0.780. The Labute approximate surface area is 171 Å². The van der Waals surface area contributed by atoms with Crippen LogP contribution in [0.25, 0.3) is 0 Å². The predicted molar refractivity (Wildman–Crippen MR) is 106 cm³/mol. The van der Waals surface area contributed by atoms with Crippen LogP contribution in [-0.4, -0.2) is 37.6 Å². The molecule has 2 aromatic rings. The highest BCUT2D eigenvalue weighted by Crippen LogP contribution is 2.37. The molecule has 1 fully saturated rings. The zero-order valence-electron chi connectivity index (χ0n) is 15.3. The molecule has 0 aliphatic carbocycles. The number of carbonyl (C=O) groups is 3. The molecule has 0 spiro atoms. The lowest BCUT2D eigenvalue weighted by molar-refractivity contribution is -0.127. The van der Waals surface area contributed by atoms with Crippen molar-refractivity contribution in [2.45, 2.75) is 6.42 Å². The van der Waals surface area contributed by atoms with Gasteiger partial charge in [0.1, 0.15) is 0 Å². The van der Waals surface area contributed by atoms with Gasteiger partial charge in [0.25, 0.3) is 0 Å². The number of rotatable bonds is 5. The molecule has 0 aromatic heterocycles. The molecule has 3 amide bonds. The van der Waals surface area contributed by atoms with E-state index in [1.54, 1.807) is 47.4 Å². The highest BCUT2D eigenvalue weighted by atomic mass is 35.5. The molecular weight excluding hydrogens is 398 g/mol. The Balaban J connectivity index is 1.31. The summed E-state index contributed by atoms with van der Waals surface area (Å²) in [7, 11) is 0. The molecule has 4 rings (SSSR count). The largest absolute Gasteiger partial charge is 0.454 e. The molecule has 8 nitrogen and oxygen atoms in total. The van der Waals surface area contributed by atoms with Crippen LogP contribution in [0.15, 0.2) is 42.5 Å². The van der Waals surface area contributed by atoms with Crippen LogP contribution in [0.2, 0.25) is 5.02 Å². The number of nitrogens with one attached hydrogen (secondary N) is 2. The van der Waals surface area contributed by atoms with E-state index in [1.807, 2.05) is 0 Å². The Bertz CT molecular complexity index is 963. The Hall–Kier alpha value is -3.26. The Kier molecular flexibility index (Phi) is 5.26. The molecule has 2 N–H and O–H groups in total. The van der Waals surface area contributed by atoms with E-state index in [1.165, 1.54) is 0 Å². The summed E-state index contributed by atoms with van der Waals surface area (Å²) in [6, 6.07) is 11.9. The Morgan fingerprint density at radius 3 is 2.66 bits per heavy atom. The molecule has 0 radical (unpaired) electrons. The van der Waals surface area contributed by atoms with Crippen LogP contribution in [0, 0.1) is 5.92 Å². The van der Waals surface area contributed by atoms with Gasteiger partial charge in [-0.05, 0) is 36.4 Å². The number of carbonyl (C=O) groups excluding carboxylic acids is 3. The maximum absolute atomic E-state index is 12.4. The average molecular weight is 416 g/mol. The fourth-order valence-corrected chi connectivity index (χ4v) is 3.36. The third-order valence-corrected chi connectivity index (χ3v) is 4.97. The Morgan fingerprint density at radius 2 is 1.86 bits per heavy atom. The average Bonchev–Trinajstić information content (AvgIpc) is 3.33. The number of hydrogen-bond acceptors (Lipinski definition) is 5. The van der Waals surface area contributed by atoms with Crippen LogP contribution in [0.1, 0.15) is 6.42 Å². The summed E-state index contributed by atoms with van der Waals surface area (Å²) in [5.41, 5.74) is 1.23. The number of amides is 3. The molecular formula is C20H18ClN3O5. The smallest absolute Gasteiger partial charge is 0.243 e. The minimum atomic E-state index is -0.531. The first-order chi connectivity index (χ1) is 14.0. The van der Waals surface area contributed by atoms with Crippen LogP contribution in [0.5, 0.6) is 11.5 Å². The number of fused-ring (bicyclic) bond motifs is 1. The molecule has 0 bridgehead atoms. The van der Waals surface area contributed by atoms with E-state index in [9.17, 15) is 14.4 Å². The van der Waals surface area contributed by atoms with Crippen molar-refractivity contribution in [2.24, 2.45) is 5.92 Å². The van der Waals surface area contributed by atoms with Crippen LogP contribution in [0.3, 0.4) is 0 Å². The SMILES string of the molecule is O=C(CNC(=O)C1CC(=O)N(c2ccc3c(c2)OCO3)C1)Nc1ccc(Cl)cc1. The molecule has 1 unspecified atom stereocenters. The van der Waals surface area contributed by atoms with Gasteiger partial charge in [-0.25, -0.2) is 0 Å². The molecule has 2 aliphatic heterocycles. The zero-order valence-corrected chi connectivity index (χ0v) is 16.1. The number of ether oxygens (including phenoxy) is 2. The number of hydrogen-bond donors (Lipinski definition) is 2. The van der Waals surface area contributed by atoms with Crippen LogP contribution < -0.4 is 25.0 Å². The van der Waals surface area contributed by atoms with E-state index in [0.717, 1.165) is 0 Å². The van der Waals surface area contributed by atoms with Crippen molar-refractivity contribution in [2.75, 3.05) is 30.1 Å². The lowest BCUT2D eigenvalue weighted by Gasteiger charge is -2.17. The van der Waals surface area contributed by atoms with Gasteiger partial charge in [0.2, 0.25) is 24.5 Å². The summed E-state index contributed by atoms with van der Waals surface area (Å²) in [6.07, 6.45) is 0.0824. The minimum absolute atomic E-state index is 0.0824. The summed E-state index contributed by atoms with van der Waals surface area (Å²) in [5, 5.41) is 5.82. The number of nitrogens with zero attached hydrogens (tertiary/aromatic N) is 1. The van der Waals surface area contributed by atoms with E-state index in [4.69, 9.17) is 21.1 Å². The zero-order chi connectivity index (χ0) is 20.4. The topological polar surface area (TPSA) is 97.0 Å². The molecule has 29 heavy (non-hydrogen) atoms. The highest BCUT2D eigenvalue weighted by molar-refractivity contribution is 6.30. The van der Waals surface area contributed by atoms with E-state index < -0.39 is 5.92 Å². The number of anilines is 2. The summed E-state index contributed by atoms with van der Waals surface area (Å²) in [6.45, 7) is 0.204. The molecule has 1 saturated heterocycles. The molecule has 1 atom stereocenters. The van der Waals surface area contributed by atoms with E-state index in [2.05, 4.69) is 10.6 Å². The van der Waals surface area contributed by atoms with Gasteiger partial charge >= 0.3 is 0 Å². The second kappa shape index (κ2) is 8.00. The fourth-order valence-electron chi connectivity index (χ4n) is 3.24. The van der Waals surface area contributed by atoms with Gasteiger partial charge in [0.05, 0.1) is 12.5 Å². The third kappa shape index (κ3) is 4.27. The van der Waals surface area contributed by atoms with Crippen molar-refractivity contribution in [3.63, 3.8) is 0 Å². The van der Waals surface area contributed by atoms with Crippen molar-refractivity contribution in [1.82, 2.24) is 5.32 Å². The summed E-state index contributed by atoms with van der Waals surface area (Å²) < 4.78 is 10.6. The van der Waals surface area contributed by atoms with Crippen LogP contribution >= 0.6 is 11.6 Å². The van der Waals surface area contributed by atoms with Gasteiger partial charge in [-0.3, -0.25) is 14.4 Å². The van der Waals surface area contributed by atoms with E-state index in [-0.39, 0.29) is 44.0 Å². The minimum Gasteiger partial charge on any atom is -0.454 e. The van der Waals surface area contributed by atoms with Gasteiger partial charge in [-0.2, -0.15) is 0 Å². The van der Waals surface area contributed by atoms with Crippen LogP contribution in [-0.2, 0) is 14.4 Å². The lowest BCUT2D eigenvalue weighted by atomic mass is 10.1. The van der Waals surface area contributed by atoms with E-state index >= 15 is 0 Å². The maximum Gasteiger partial charge on any atom is 0.243 e. The summed E-state index contributed by atoms with van der Waals surface area (Å²) in [5.74, 6) is -0.195.